The van der Waals surface area contributed by atoms with Crippen LogP contribution in [-0.2, 0) is 14.3 Å². The van der Waals surface area contributed by atoms with E-state index in [0.717, 1.165) is 32.4 Å². The fourth-order valence-electron chi connectivity index (χ4n) is 1.86. The molecule has 1 aliphatic rings. The molecule has 0 aromatic carbocycles. The van der Waals surface area contributed by atoms with Crippen molar-refractivity contribution >= 4 is 5.97 Å². The van der Waals surface area contributed by atoms with Crippen molar-refractivity contribution in [2.45, 2.75) is 25.3 Å². The highest BCUT2D eigenvalue weighted by Crippen LogP contribution is 2.10. The van der Waals surface area contributed by atoms with Crippen LogP contribution in [0.15, 0.2) is 0 Å². The van der Waals surface area contributed by atoms with Crippen molar-refractivity contribution in [1.82, 2.24) is 4.90 Å². The summed E-state index contributed by atoms with van der Waals surface area (Å²) in [4.78, 5) is 13.6. The molecule has 1 rings (SSSR count). The molecule has 0 radical (unpaired) electrons. The van der Waals surface area contributed by atoms with E-state index in [-0.39, 0.29) is 18.6 Å². The zero-order chi connectivity index (χ0) is 11.8. The third-order valence-electron chi connectivity index (χ3n) is 2.82. The third-order valence-corrected chi connectivity index (χ3v) is 2.82. The number of hydrogen-bond acceptors (Lipinski definition) is 5. The molecule has 1 N–H and O–H groups in total. The number of morpholine rings is 1. The number of hydrogen-bond donors (Lipinski definition) is 1. The summed E-state index contributed by atoms with van der Waals surface area (Å²) in [5.41, 5.74) is 0. The van der Waals surface area contributed by atoms with Crippen LogP contribution in [0.4, 0.5) is 0 Å². The van der Waals surface area contributed by atoms with Gasteiger partial charge in [0.15, 0.2) is 0 Å². The summed E-state index contributed by atoms with van der Waals surface area (Å²) in [7, 11) is 1.40. The Morgan fingerprint density at radius 1 is 1.50 bits per heavy atom. The SMILES string of the molecule is COC(=O)C1COCCN1CCCCCO. The predicted molar refractivity (Wildman–Crippen MR) is 59.1 cm³/mol. The summed E-state index contributed by atoms with van der Waals surface area (Å²) in [6.45, 7) is 2.98. The van der Waals surface area contributed by atoms with E-state index in [9.17, 15) is 4.79 Å². The van der Waals surface area contributed by atoms with Crippen molar-refractivity contribution < 1.29 is 19.4 Å². The average Bonchev–Trinajstić information content (AvgIpc) is 2.34. The Hall–Kier alpha value is -0.650. The molecule has 1 fully saturated rings. The molecule has 0 saturated carbocycles. The lowest BCUT2D eigenvalue weighted by atomic mass is 10.2. The van der Waals surface area contributed by atoms with Gasteiger partial charge in [-0.1, -0.05) is 0 Å². The standard InChI is InChI=1S/C11H21NO4/c1-15-11(14)10-9-16-8-6-12(10)5-3-2-4-7-13/h10,13H,2-9H2,1H3. The number of carbonyl (C=O) groups excluding carboxylic acids is 1. The predicted octanol–water partition coefficient (Wildman–Crippen LogP) is 0.0228. The van der Waals surface area contributed by atoms with Crippen LogP contribution in [-0.4, -0.2) is 62.0 Å². The quantitative estimate of drug-likeness (QED) is 0.516. The lowest BCUT2D eigenvalue weighted by molar-refractivity contribution is -0.153. The summed E-state index contributed by atoms with van der Waals surface area (Å²) in [6, 6.07) is -0.257. The first-order chi connectivity index (χ1) is 7.79. The van der Waals surface area contributed by atoms with Crippen LogP contribution in [0.3, 0.4) is 0 Å². The maximum Gasteiger partial charge on any atom is 0.325 e. The van der Waals surface area contributed by atoms with Gasteiger partial charge in [0, 0.05) is 13.2 Å². The number of carbonyl (C=O) groups is 1. The molecule has 0 aliphatic carbocycles. The number of aliphatic hydroxyl groups excluding tert-OH is 1. The fourth-order valence-corrected chi connectivity index (χ4v) is 1.86. The zero-order valence-corrected chi connectivity index (χ0v) is 9.85. The van der Waals surface area contributed by atoms with Crippen LogP contribution in [0.1, 0.15) is 19.3 Å². The van der Waals surface area contributed by atoms with E-state index in [0.29, 0.717) is 13.2 Å². The van der Waals surface area contributed by atoms with Crippen LogP contribution >= 0.6 is 0 Å². The minimum Gasteiger partial charge on any atom is -0.468 e. The Balaban J connectivity index is 2.32. The van der Waals surface area contributed by atoms with Gasteiger partial charge in [0.2, 0.25) is 0 Å². The first-order valence-corrected chi connectivity index (χ1v) is 5.80. The Bertz CT molecular complexity index is 210. The molecule has 0 aromatic heterocycles. The smallest absolute Gasteiger partial charge is 0.325 e. The number of rotatable bonds is 6. The van der Waals surface area contributed by atoms with Crippen molar-refractivity contribution in [1.29, 1.82) is 0 Å². The number of nitrogens with zero attached hydrogens (tertiary/aromatic N) is 1. The molecule has 0 aromatic rings. The van der Waals surface area contributed by atoms with E-state index < -0.39 is 0 Å². The highest BCUT2D eigenvalue weighted by atomic mass is 16.5. The molecule has 5 heteroatoms. The Morgan fingerprint density at radius 2 is 2.31 bits per heavy atom. The zero-order valence-electron chi connectivity index (χ0n) is 9.85. The van der Waals surface area contributed by atoms with Crippen molar-refractivity contribution in [2.75, 3.05) is 40.0 Å². The summed E-state index contributed by atoms with van der Waals surface area (Å²) >= 11 is 0. The van der Waals surface area contributed by atoms with E-state index in [2.05, 4.69) is 4.90 Å². The Kier molecular flexibility index (Phi) is 6.37. The normalized spacial score (nSPS) is 22.0. The summed E-state index contributed by atoms with van der Waals surface area (Å²) in [5, 5.41) is 8.67. The molecule has 1 aliphatic heterocycles. The van der Waals surface area contributed by atoms with Crippen molar-refractivity contribution in [3.8, 4) is 0 Å². The van der Waals surface area contributed by atoms with Gasteiger partial charge in [-0.25, -0.2) is 0 Å². The van der Waals surface area contributed by atoms with Gasteiger partial charge in [-0.3, -0.25) is 9.69 Å². The molecular formula is C11H21NO4. The Morgan fingerprint density at radius 3 is 3.00 bits per heavy atom. The average molecular weight is 231 g/mol. The summed E-state index contributed by atoms with van der Waals surface area (Å²) in [6.07, 6.45) is 2.81. The van der Waals surface area contributed by atoms with Gasteiger partial charge in [0.1, 0.15) is 6.04 Å². The highest BCUT2D eigenvalue weighted by Gasteiger charge is 2.29. The van der Waals surface area contributed by atoms with Gasteiger partial charge in [0.25, 0.3) is 0 Å². The van der Waals surface area contributed by atoms with Gasteiger partial charge in [0.05, 0.1) is 20.3 Å². The maximum absolute atomic E-state index is 11.5. The van der Waals surface area contributed by atoms with Crippen LogP contribution < -0.4 is 0 Å². The minimum absolute atomic E-state index is 0.221. The fraction of sp³-hybridized carbons (Fsp3) is 0.909. The number of aliphatic hydroxyl groups is 1. The molecule has 94 valence electrons. The van der Waals surface area contributed by atoms with Crippen LogP contribution in [0.5, 0.6) is 0 Å². The van der Waals surface area contributed by atoms with E-state index >= 15 is 0 Å². The molecule has 5 nitrogen and oxygen atoms in total. The molecule has 0 amide bonds. The minimum atomic E-state index is -0.257. The molecule has 1 saturated heterocycles. The van der Waals surface area contributed by atoms with Crippen LogP contribution in [0.25, 0.3) is 0 Å². The number of unbranched alkanes of at least 4 members (excludes halogenated alkanes) is 2. The third kappa shape index (κ3) is 4.08. The van der Waals surface area contributed by atoms with E-state index in [4.69, 9.17) is 14.6 Å². The molecule has 0 bridgehead atoms. The van der Waals surface area contributed by atoms with Crippen molar-refractivity contribution in [3.63, 3.8) is 0 Å². The van der Waals surface area contributed by atoms with Crippen LogP contribution in [0.2, 0.25) is 0 Å². The van der Waals surface area contributed by atoms with E-state index in [1.165, 1.54) is 7.11 Å². The number of ether oxygens (including phenoxy) is 2. The molecule has 1 unspecified atom stereocenters. The van der Waals surface area contributed by atoms with Crippen molar-refractivity contribution in [2.24, 2.45) is 0 Å². The maximum atomic E-state index is 11.5. The largest absolute Gasteiger partial charge is 0.468 e. The van der Waals surface area contributed by atoms with E-state index in [1.54, 1.807) is 0 Å². The molecule has 1 atom stereocenters. The number of methoxy groups -OCH3 is 1. The van der Waals surface area contributed by atoms with Crippen molar-refractivity contribution in [3.05, 3.63) is 0 Å². The number of esters is 1. The van der Waals surface area contributed by atoms with Gasteiger partial charge in [-0.2, -0.15) is 0 Å². The summed E-state index contributed by atoms with van der Waals surface area (Å²) in [5.74, 6) is -0.221. The van der Waals surface area contributed by atoms with Gasteiger partial charge in [-0.15, -0.1) is 0 Å². The molecule has 16 heavy (non-hydrogen) atoms. The molecule has 0 spiro atoms. The second-order valence-corrected chi connectivity index (χ2v) is 3.93. The Labute approximate surface area is 96.3 Å². The topological polar surface area (TPSA) is 59.0 Å². The second kappa shape index (κ2) is 7.60. The van der Waals surface area contributed by atoms with Gasteiger partial charge in [-0.05, 0) is 25.8 Å². The van der Waals surface area contributed by atoms with Crippen LogP contribution in [0, 0.1) is 0 Å². The van der Waals surface area contributed by atoms with Gasteiger partial charge < -0.3 is 14.6 Å². The lowest BCUT2D eigenvalue weighted by Gasteiger charge is -2.33. The first-order valence-electron chi connectivity index (χ1n) is 5.80. The molecular weight excluding hydrogens is 210 g/mol. The lowest BCUT2D eigenvalue weighted by Crippen LogP contribution is -2.50. The highest BCUT2D eigenvalue weighted by molar-refractivity contribution is 5.75. The van der Waals surface area contributed by atoms with Gasteiger partial charge >= 0.3 is 5.97 Å². The molecule has 1 heterocycles. The first kappa shape index (κ1) is 13.4. The monoisotopic (exact) mass is 231 g/mol. The second-order valence-electron chi connectivity index (χ2n) is 3.93. The van der Waals surface area contributed by atoms with E-state index in [1.807, 2.05) is 0 Å². The summed E-state index contributed by atoms with van der Waals surface area (Å²) < 4.78 is 10.0.